The van der Waals surface area contributed by atoms with E-state index in [1.807, 2.05) is 0 Å². The van der Waals surface area contributed by atoms with Gasteiger partial charge in [0.1, 0.15) is 6.34 Å². The highest BCUT2D eigenvalue weighted by atomic mass is 16.4. The van der Waals surface area contributed by atoms with Gasteiger partial charge in [0.05, 0.1) is 0 Å². The van der Waals surface area contributed by atoms with Crippen LogP contribution in [-0.4, -0.2) is 40.4 Å². The topological polar surface area (TPSA) is 106 Å². The number of carbonyl (C=O) groups excluding carboxylic acids is 1. The largest absolute Gasteiger partial charge is 0.361 e. The lowest BCUT2D eigenvalue weighted by Gasteiger charge is -2.30. The van der Waals surface area contributed by atoms with Gasteiger partial charge in [0.25, 0.3) is 11.8 Å². The van der Waals surface area contributed by atoms with Crippen LogP contribution in [0.2, 0.25) is 0 Å². The normalized spacial score (nSPS) is 39.0. The van der Waals surface area contributed by atoms with Crippen LogP contribution in [0.25, 0.3) is 0 Å². The molecule has 0 radical (unpaired) electrons. The molecule has 2 heterocycles. The zero-order chi connectivity index (χ0) is 8.77. The average Bonchev–Trinajstić information content (AvgIpc) is 2.29. The number of hydrogen-bond donors (Lipinski definition) is 4. The van der Waals surface area contributed by atoms with Crippen molar-refractivity contribution in [1.29, 1.82) is 0 Å². The second-order valence-corrected chi connectivity index (χ2v) is 2.41. The Balaban J connectivity index is 2.37. The molecule has 0 bridgehead atoms. The molecule has 1 fully saturated rings. The predicted octanol–water partition coefficient (Wildman–Crippen LogP) is -2.89. The van der Waals surface area contributed by atoms with Crippen molar-refractivity contribution in [1.82, 2.24) is 10.6 Å². The van der Waals surface area contributed by atoms with E-state index in [0.717, 1.165) is 6.34 Å². The summed E-state index contributed by atoms with van der Waals surface area (Å²) in [4.78, 5) is 18.0. The van der Waals surface area contributed by atoms with Crippen LogP contribution in [-0.2, 0) is 4.79 Å². The van der Waals surface area contributed by atoms with Crippen molar-refractivity contribution < 1.29 is 15.0 Å². The first-order valence-electron chi connectivity index (χ1n) is 3.23. The molecule has 7 heteroatoms. The van der Waals surface area contributed by atoms with Gasteiger partial charge in [0.2, 0.25) is 0 Å². The van der Waals surface area contributed by atoms with Crippen molar-refractivity contribution in [3.63, 3.8) is 0 Å². The van der Waals surface area contributed by atoms with Crippen LogP contribution in [0.4, 0.5) is 0 Å². The van der Waals surface area contributed by atoms with Gasteiger partial charge in [-0.1, -0.05) is 0 Å². The van der Waals surface area contributed by atoms with Crippen LogP contribution in [0.3, 0.4) is 0 Å². The van der Waals surface area contributed by atoms with Crippen LogP contribution in [0.1, 0.15) is 0 Å². The first kappa shape index (κ1) is 7.35. The highest BCUT2D eigenvalue weighted by Crippen LogP contribution is 2.14. The Kier molecular flexibility index (Phi) is 1.28. The lowest BCUT2D eigenvalue weighted by Crippen LogP contribution is -2.67. The van der Waals surface area contributed by atoms with Crippen molar-refractivity contribution >= 4 is 18.0 Å². The van der Waals surface area contributed by atoms with E-state index < -0.39 is 18.1 Å². The molecule has 12 heavy (non-hydrogen) atoms. The number of aliphatic hydroxyl groups excluding tert-OH is 1. The molecular weight excluding hydrogens is 164 g/mol. The molecule has 0 saturated carbocycles. The monoisotopic (exact) mass is 170 g/mol. The number of carbonyl (C=O) groups is 1. The summed E-state index contributed by atoms with van der Waals surface area (Å²) in [5.41, 5.74) is -0.159. The Morgan fingerprint density at radius 1 is 1.67 bits per heavy atom. The number of nitrogens with zero attached hydrogens (tertiary/aromatic N) is 2. The van der Waals surface area contributed by atoms with Gasteiger partial charge < -0.3 is 15.5 Å². The minimum Gasteiger partial charge on any atom is -0.361 e. The second kappa shape index (κ2) is 2.09. The number of rotatable bonds is 0. The van der Waals surface area contributed by atoms with E-state index in [0.29, 0.717) is 0 Å². The van der Waals surface area contributed by atoms with E-state index in [-0.39, 0.29) is 5.71 Å². The van der Waals surface area contributed by atoms with Crippen molar-refractivity contribution in [3.8, 4) is 0 Å². The summed E-state index contributed by atoms with van der Waals surface area (Å²) in [5, 5.41) is 22.8. The number of amides is 1. The number of nitrogens with one attached hydrogen (secondary N) is 2. The van der Waals surface area contributed by atoms with Gasteiger partial charge in [-0.3, -0.25) is 4.79 Å². The smallest absolute Gasteiger partial charge is 0.275 e. The van der Waals surface area contributed by atoms with Gasteiger partial charge >= 0.3 is 0 Å². The van der Waals surface area contributed by atoms with Crippen LogP contribution >= 0.6 is 0 Å². The maximum absolute atomic E-state index is 11.0. The summed E-state index contributed by atoms with van der Waals surface area (Å²) in [5.74, 6) is -2.50. The minimum absolute atomic E-state index is 0.159. The second-order valence-electron chi connectivity index (χ2n) is 2.41. The number of hydrogen-bond acceptors (Lipinski definition) is 6. The molecule has 2 unspecified atom stereocenters. The fourth-order valence-electron chi connectivity index (χ4n) is 1.06. The highest BCUT2D eigenvalue weighted by Gasteiger charge is 2.45. The lowest BCUT2D eigenvalue weighted by molar-refractivity contribution is -0.124. The Hall–Kier alpha value is -1.31. The molecule has 0 aromatic rings. The Morgan fingerprint density at radius 2 is 2.42 bits per heavy atom. The van der Waals surface area contributed by atoms with E-state index in [2.05, 4.69) is 20.6 Å². The van der Waals surface area contributed by atoms with Crippen molar-refractivity contribution in [3.05, 3.63) is 0 Å². The Bertz CT molecular complexity index is 299. The first-order chi connectivity index (χ1) is 5.62. The number of aliphatic hydroxyl groups is 2. The molecule has 1 amide bonds. The van der Waals surface area contributed by atoms with Gasteiger partial charge in [-0.25, -0.2) is 15.3 Å². The zero-order valence-corrected chi connectivity index (χ0v) is 5.85. The first-order valence-corrected chi connectivity index (χ1v) is 3.23. The van der Waals surface area contributed by atoms with Gasteiger partial charge in [-0.15, -0.1) is 0 Å². The summed E-state index contributed by atoms with van der Waals surface area (Å²) < 4.78 is 0. The average molecular weight is 170 g/mol. The minimum atomic E-state index is -1.86. The quantitative estimate of drug-likeness (QED) is 0.313. The Morgan fingerprint density at radius 3 is 3.17 bits per heavy atom. The molecule has 4 N–H and O–H groups in total. The van der Waals surface area contributed by atoms with Crippen LogP contribution in [0, 0.1) is 0 Å². The van der Waals surface area contributed by atoms with Gasteiger partial charge in [0, 0.05) is 0 Å². The molecule has 0 aliphatic carbocycles. The molecule has 1 saturated heterocycles. The molecule has 2 rings (SSSR count). The van der Waals surface area contributed by atoms with Gasteiger partial charge in [0.15, 0.2) is 12.1 Å². The summed E-state index contributed by atoms with van der Waals surface area (Å²) in [6, 6.07) is 0. The maximum Gasteiger partial charge on any atom is 0.275 e. The summed E-state index contributed by atoms with van der Waals surface area (Å²) in [7, 11) is 0. The molecule has 2 aliphatic rings. The third-order valence-electron chi connectivity index (χ3n) is 1.58. The van der Waals surface area contributed by atoms with E-state index >= 15 is 0 Å². The summed E-state index contributed by atoms with van der Waals surface area (Å²) in [6.45, 7) is 0. The highest BCUT2D eigenvalue weighted by molar-refractivity contribution is 6.44. The third-order valence-corrected chi connectivity index (χ3v) is 1.58. The Labute approximate surface area is 66.8 Å². The molecule has 2 atom stereocenters. The van der Waals surface area contributed by atoms with E-state index in [1.165, 1.54) is 0 Å². The summed E-state index contributed by atoms with van der Waals surface area (Å²) >= 11 is 0. The zero-order valence-electron chi connectivity index (χ0n) is 5.85. The molecule has 7 nitrogen and oxygen atoms in total. The fraction of sp³-hybridized carbons (Fsp3) is 0.400. The molecule has 64 valence electrons. The van der Waals surface area contributed by atoms with E-state index in [9.17, 15) is 9.90 Å². The van der Waals surface area contributed by atoms with Crippen molar-refractivity contribution in [2.24, 2.45) is 9.98 Å². The van der Waals surface area contributed by atoms with Crippen LogP contribution in [0.5, 0.6) is 0 Å². The molecule has 0 aromatic heterocycles. The fourth-order valence-corrected chi connectivity index (χ4v) is 1.06. The van der Waals surface area contributed by atoms with Crippen LogP contribution < -0.4 is 10.6 Å². The van der Waals surface area contributed by atoms with E-state index in [1.54, 1.807) is 0 Å². The predicted molar refractivity (Wildman–Crippen MR) is 38.2 cm³/mol. The van der Waals surface area contributed by atoms with Gasteiger partial charge in [-0.2, -0.15) is 0 Å². The third kappa shape index (κ3) is 0.843. The SMILES string of the molecule is O=C1NC(O)NC2(O)N=CN=C12. The molecular formula is C5H6N4O3. The van der Waals surface area contributed by atoms with Crippen LogP contribution in [0.15, 0.2) is 9.98 Å². The lowest BCUT2D eigenvalue weighted by atomic mass is 10.2. The molecule has 0 spiro atoms. The van der Waals surface area contributed by atoms with Gasteiger partial charge in [-0.05, 0) is 0 Å². The molecule has 0 aromatic carbocycles. The standard InChI is InChI=1S/C5H6N4O3/c10-3-2-5(12,7-1-6-2)9-4(11)8-3/h1,4,9,11-12H,(H,8,10). The summed E-state index contributed by atoms with van der Waals surface area (Å²) in [6.07, 6.45) is -0.253. The van der Waals surface area contributed by atoms with E-state index in [4.69, 9.17) is 5.11 Å². The number of fused-ring (bicyclic) bond motifs is 1. The van der Waals surface area contributed by atoms with Crippen molar-refractivity contribution in [2.45, 2.75) is 12.2 Å². The maximum atomic E-state index is 11.0. The molecule has 2 aliphatic heterocycles. The number of aliphatic imine (C=N–C) groups is 2. The van der Waals surface area contributed by atoms with Crippen molar-refractivity contribution in [2.75, 3.05) is 0 Å².